The Bertz CT molecular complexity index is 557. The third-order valence-corrected chi connectivity index (χ3v) is 5.74. The van der Waals surface area contributed by atoms with E-state index < -0.39 is 0 Å². The monoisotopic (exact) mass is 402 g/mol. The van der Waals surface area contributed by atoms with E-state index in [1.807, 2.05) is 6.92 Å². The summed E-state index contributed by atoms with van der Waals surface area (Å²) in [5.74, 6) is 0.904. The van der Waals surface area contributed by atoms with Gasteiger partial charge in [-0.1, -0.05) is 81.0 Å². The lowest BCUT2D eigenvalue weighted by atomic mass is 9.83. The van der Waals surface area contributed by atoms with Crippen LogP contribution in [-0.4, -0.2) is 23.6 Å². The number of hydrogen-bond acceptors (Lipinski definition) is 3. The van der Waals surface area contributed by atoms with Gasteiger partial charge in [-0.2, -0.15) is 0 Å². The quantitative estimate of drug-likeness (QED) is 0.174. The summed E-state index contributed by atoms with van der Waals surface area (Å²) in [4.78, 5) is 11.9. The van der Waals surface area contributed by atoms with Gasteiger partial charge in [0.25, 0.3) is 0 Å². The molecule has 1 unspecified atom stereocenters. The average Bonchev–Trinajstić information content (AvgIpc) is 2.71. The fourth-order valence-corrected chi connectivity index (χ4v) is 4.08. The molecular formula is C25H38O2S. The molecule has 0 aromatic rings. The zero-order valence-corrected chi connectivity index (χ0v) is 18.8. The van der Waals surface area contributed by atoms with Crippen LogP contribution >= 0.6 is 11.8 Å². The van der Waals surface area contributed by atoms with E-state index in [1.54, 1.807) is 11.8 Å². The number of ether oxygens (including phenoxy) is 1. The second-order valence-electron chi connectivity index (χ2n) is 6.94. The van der Waals surface area contributed by atoms with Crippen molar-refractivity contribution in [3.63, 3.8) is 0 Å². The van der Waals surface area contributed by atoms with Crippen molar-refractivity contribution in [2.75, 3.05) is 12.4 Å². The zero-order chi connectivity index (χ0) is 20.5. The molecule has 0 fully saturated rings. The van der Waals surface area contributed by atoms with E-state index in [9.17, 15) is 4.79 Å². The third-order valence-electron chi connectivity index (χ3n) is 4.58. The van der Waals surface area contributed by atoms with E-state index in [0.717, 1.165) is 50.7 Å². The van der Waals surface area contributed by atoms with Crippen LogP contribution in [0.4, 0.5) is 0 Å². The van der Waals surface area contributed by atoms with Crippen molar-refractivity contribution in [1.82, 2.24) is 0 Å². The van der Waals surface area contributed by atoms with Crippen molar-refractivity contribution in [1.29, 1.82) is 0 Å². The maximum atomic E-state index is 11.9. The average molecular weight is 403 g/mol. The lowest BCUT2D eigenvalue weighted by Crippen LogP contribution is -2.20. The molecule has 0 saturated carbocycles. The van der Waals surface area contributed by atoms with Crippen LogP contribution < -0.4 is 0 Å². The lowest BCUT2D eigenvalue weighted by molar-refractivity contribution is -0.142. The minimum Gasteiger partial charge on any atom is -0.465 e. The maximum absolute atomic E-state index is 11.9. The Kier molecular flexibility index (Phi) is 13.5. The first-order valence-corrected chi connectivity index (χ1v) is 11.9. The minimum atomic E-state index is -0.0492. The molecule has 1 atom stereocenters. The number of hydrogen-bond donors (Lipinski definition) is 0. The fourth-order valence-electron chi connectivity index (χ4n) is 3.14. The van der Waals surface area contributed by atoms with Crippen LogP contribution in [0.2, 0.25) is 0 Å². The second kappa shape index (κ2) is 15.4. The molecule has 1 aliphatic carbocycles. The van der Waals surface area contributed by atoms with Gasteiger partial charge in [0.2, 0.25) is 0 Å². The second-order valence-corrected chi connectivity index (χ2v) is 8.42. The number of unbranched alkanes of at least 4 members (excludes halogenated alkanes) is 2. The van der Waals surface area contributed by atoms with Crippen LogP contribution in [0.15, 0.2) is 60.8 Å². The summed E-state index contributed by atoms with van der Waals surface area (Å²) in [6, 6.07) is 0. The molecule has 0 saturated heterocycles. The van der Waals surface area contributed by atoms with Crippen LogP contribution in [0, 0.1) is 5.41 Å². The Morgan fingerprint density at radius 2 is 1.82 bits per heavy atom. The molecular weight excluding hydrogens is 364 g/mol. The molecule has 1 aliphatic rings. The maximum Gasteiger partial charge on any atom is 0.319 e. The molecule has 0 heterocycles. The zero-order valence-electron chi connectivity index (χ0n) is 17.9. The standard InChI is InChI=1S/C25H38O2S/c1-4-7-19-25(21-16-13-17-22-25)20-15-12-10-8-9-11-14-18-23(28-6-3)24(26)27-5-2/h7-8,10,15-17,19-23H,4-6,9,11-14,18H2,1-3H3/b10-8-,19-7-,20-15-. The highest BCUT2D eigenvalue weighted by atomic mass is 32.2. The largest absolute Gasteiger partial charge is 0.465 e. The number of esters is 1. The first-order chi connectivity index (χ1) is 13.7. The van der Waals surface area contributed by atoms with Gasteiger partial charge in [-0.15, -0.1) is 11.8 Å². The molecule has 156 valence electrons. The number of carbonyl (C=O) groups excluding carboxylic acids is 1. The minimum absolute atomic E-state index is 0.000769. The van der Waals surface area contributed by atoms with E-state index >= 15 is 0 Å². The van der Waals surface area contributed by atoms with Gasteiger partial charge < -0.3 is 4.74 Å². The Morgan fingerprint density at radius 3 is 2.50 bits per heavy atom. The molecule has 2 nitrogen and oxygen atoms in total. The molecule has 0 aromatic carbocycles. The summed E-state index contributed by atoms with van der Waals surface area (Å²) in [5, 5.41) is 0.000769. The molecule has 0 aliphatic heterocycles. The van der Waals surface area contributed by atoms with E-state index in [4.69, 9.17) is 4.74 Å². The van der Waals surface area contributed by atoms with Gasteiger partial charge in [-0.05, 0) is 51.2 Å². The number of thioether (sulfide) groups is 1. The van der Waals surface area contributed by atoms with Crippen molar-refractivity contribution in [3.8, 4) is 0 Å². The van der Waals surface area contributed by atoms with E-state index in [1.165, 1.54) is 0 Å². The summed E-state index contributed by atoms with van der Waals surface area (Å²) < 4.78 is 5.17. The Balaban J connectivity index is 2.30. The van der Waals surface area contributed by atoms with Crippen molar-refractivity contribution < 1.29 is 9.53 Å². The number of rotatable bonds is 14. The van der Waals surface area contributed by atoms with Gasteiger partial charge in [0.15, 0.2) is 0 Å². The van der Waals surface area contributed by atoms with Crippen molar-refractivity contribution in [2.45, 2.75) is 71.0 Å². The lowest BCUT2D eigenvalue weighted by Gasteiger charge is -2.21. The third kappa shape index (κ3) is 10.2. The highest BCUT2D eigenvalue weighted by Gasteiger charge is 2.19. The molecule has 3 heteroatoms. The normalized spacial score (nSPS) is 17.1. The SMILES string of the molecule is CC/C=C\C1(/C=C\C/C=C\CCCCC(SCC)C(=O)OCC)C=CCC=C1. The fraction of sp³-hybridized carbons (Fsp3) is 0.560. The molecule has 0 amide bonds. The van der Waals surface area contributed by atoms with E-state index in [-0.39, 0.29) is 16.6 Å². The Morgan fingerprint density at radius 1 is 1.07 bits per heavy atom. The van der Waals surface area contributed by atoms with Crippen LogP contribution in [0.3, 0.4) is 0 Å². The van der Waals surface area contributed by atoms with Crippen LogP contribution in [0.1, 0.15) is 65.7 Å². The molecule has 0 bridgehead atoms. The molecule has 0 spiro atoms. The smallest absolute Gasteiger partial charge is 0.319 e. The first kappa shape index (κ1) is 24.6. The molecule has 0 N–H and O–H groups in total. The van der Waals surface area contributed by atoms with Gasteiger partial charge in [0, 0.05) is 5.41 Å². The molecule has 28 heavy (non-hydrogen) atoms. The van der Waals surface area contributed by atoms with Crippen molar-refractivity contribution in [3.05, 3.63) is 60.8 Å². The van der Waals surface area contributed by atoms with Crippen LogP contribution in [-0.2, 0) is 9.53 Å². The van der Waals surface area contributed by atoms with E-state index in [2.05, 4.69) is 74.6 Å². The van der Waals surface area contributed by atoms with Crippen molar-refractivity contribution >= 4 is 17.7 Å². The summed E-state index contributed by atoms with van der Waals surface area (Å²) in [6.45, 7) is 6.60. The molecule has 1 rings (SSSR count). The van der Waals surface area contributed by atoms with Crippen molar-refractivity contribution in [2.24, 2.45) is 5.41 Å². The first-order valence-electron chi connectivity index (χ1n) is 10.8. The topological polar surface area (TPSA) is 26.3 Å². The van der Waals surface area contributed by atoms with Gasteiger partial charge in [0.05, 0.1) is 6.61 Å². The van der Waals surface area contributed by atoms with Crippen LogP contribution in [0.5, 0.6) is 0 Å². The molecule has 0 aromatic heterocycles. The highest BCUT2D eigenvalue weighted by Crippen LogP contribution is 2.29. The van der Waals surface area contributed by atoms with E-state index in [0.29, 0.717) is 6.61 Å². The van der Waals surface area contributed by atoms with Crippen LogP contribution in [0.25, 0.3) is 0 Å². The Labute approximate surface area is 176 Å². The predicted molar refractivity (Wildman–Crippen MR) is 125 cm³/mol. The van der Waals surface area contributed by atoms with Gasteiger partial charge >= 0.3 is 5.97 Å². The summed E-state index contributed by atoms with van der Waals surface area (Å²) in [7, 11) is 0. The van der Waals surface area contributed by atoms with Gasteiger partial charge in [-0.3, -0.25) is 4.79 Å². The summed E-state index contributed by atoms with van der Waals surface area (Å²) in [5.41, 5.74) is -0.0405. The van der Waals surface area contributed by atoms with Gasteiger partial charge in [-0.25, -0.2) is 0 Å². The number of allylic oxidation sites excluding steroid dienone is 10. The predicted octanol–water partition coefficient (Wildman–Crippen LogP) is 7.20. The summed E-state index contributed by atoms with van der Waals surface area (Å²) in [6.07, 6.45) is 29.8. The van der Waals surface area contributed by atoms with Gasteiger partial charge in [0.1, 0.15) is 5.25 Å². The number of carbonyl (C=O) groups is 1. The summed E-state index contributed by atoms with van der Waals surface area (Å²) >= 11 is 1.70. The highest BCUT2D eigenvalue weighted by molar-refractivity contribution is 8.00. The molecule has 0 radical (unpaired) electrons. The Hall–Kier alpha value is -1.48.